The first-order valence-corrected chi connectivity index (χ1v) is 15.4. The number of Topliss-reactive ketones (excluding diaryl/α,β-unsaturated/α-hetero) is 1. The van der Waals surface area contributed by atoms with Gasteiger partial charge in [0.15, 0.2) is 39.5 Å². The zero-order valence-corrected chi connectivity index (χ0v) is 26.5. The maximum absolute atomic E-state index is 14.1. The highest BCUT2D eigenvalue weighted by molar-refractivity contribution is 7.17. The molecule has 1 unspecified atom stereocenters. The van der Waals surface area contributed by atoms with Gasteiger partial charge < -0.3 is 28.5 Å². The van der Waals surface area contributed by atoms with Crippen molar-refractivity contribution in [1.29, 1.82) is 0 Å². The summed E-state index contributed by atoms with van der Waals surface area (Å²) in [6, 6.07) is 10.6. The van der Waals surface area contributed by atoms with E-state index in [0.29, 0.717) is 46.1 Å². The van der Waals surface area contributed by atoms with E-state index in [1.807, 2.05) is 0 Å². The number of amides is 1. The molecule has 5 rings (SSSR count). The monoisotopic (exact) mass is 634 g/mol. The molecule has 0 saturated heterocycles. The number of hydrogen-bond acceptors (Lipinski definition) is 11. The summed E-state index contributed by atoms with van der Waals surface area (Å²) in [4.78, 5) is 46.4. The van der Waals surface area contributed by atoms with E-state index < -0.39 is 29.5 Å². The zero-order chi connectivity index (χ0) is 32.2. The Morgan fingerprint density at radius 2 is 1.82 bits per heavy atom. The number of furan rings is 1. The summed E-state index contributed by atoms with van der Waals surface area (Å²) >= 11 is 0.931. The molecule has 1 N–H and O–H groups in total. The van der Waals surface area contributed by atoms with Crippen LogP contribution in [-0.4, -0.2) is 55.2 Å². The topological polar surface area (TPSA) is 138 Å². The fourth-order valence-electron chi connectivity index (χ4n) is 5.17. The van der Waals surface area contributed by atoms with Crippen molar-refractivity contribution in [3.05, 3.63) is 75.7 Å². The molecule has 1 amide bonds. The number of hydrogen-bond donors (Lipinski definition) is 1. The number of unbranched alkanes of at least 4 members (excludes halogenated alkanes) is 2. The van der Waals surface area contributed by atoms with Crippen molar-refractivity contribution in [2.45, 2.75) is 46.1 Å². The quantitative estimate of drug-likeness (QED) is 0.0956. The number of carbonyl (C=O) groups is 3. The number of para-hydroxylation sites is 1. The maximum Gasteiger partial charge on any atom is 0.350 e. The number of aromatic nitrogens is 1. The van der Waals surface area contributed by atoms with Crippen molar-refractivity contribution >= 4 is 45.1 Å². The molecular weight excluding hydrogens is 600 g/mol. The summed E-state index contributed by atoms with van der Waals surface area (Å²) in [5, 5.41) is 12.0. The normalized spacial score (nSPS) is 14.7. The summed E-state index contributed by atoms with van der Waals surface area (Å²) in [5.41, 5.74) is 0.911. The molecule has 3 heterocycles. The molecule has 0 fully saturated rings. The van der Waals surface area contributed by atoms with Gasteiger partial charge in [-0.05, 0) is 50.1 Å². The Morgan fingerprint density at radius 1 is 1.04 bits per heavy atom. The number of nitrogens with zero attached hydrogens (tertiary/aromatic N) is 2. The van der Waals surface area contributed by atoms with Crippen LogP contribution in [0.25, 0.3) is 11.0 Å². The average Bonchev–Trinajstić information content (AvgIpc) is 3.72. The van der Waals surface area contributed by atoms with Gasteiger partial charge in [0.1, 0.15) is 4.88 Å². The first kappa shape index (κ1) is 31.6. The summed E-state index contributed by atoms with van der Waals surface area (Å²) < 4.78 is 28.0. The van der Waals surface area contributed by atoms with Crippen LogP contribution in [0.1, 0.15) is 70.6 Å². The molecule has 0 radical (unpaired) electrons. The Bertz CT molecular complexity index is 1790. The van der Waals surface area contributed by atoms with Crippen LogP contribution in [-0.2, 0) is 9.53 Å². The van der Waals surface area contributed by atoms with E-state index in [1.54, 1.807) is 50.2 Å². The highest BCUT2D eigenvalue weighted by Crippen LogP contribution is 2.46. The van der Waals surface area contributed by atoms with Gasteiger partial charge in [0.05, 0.1) is 44.7 Å². The summed E-state index contributed by atoms with van der Waals surface area (Å²) in [6.07, 6.45) is 2.93. The van der Waals surface area contributed by atoms with Crippen molar-refractivity contribution in [2.75, 3.05) is 32.3 Å². The maximum atomic E-state index is 14.1. The van der Waals surface area contributed by atoms with E-state index in [4.69, 9.17) is 23.4 Å². The van der Waals surface area contributed by atoms with E-state index in [9.17, 15) is 19.5 Å². The third kappa shape index (κ3) is 5.97. The van der Waals surface area contributed by atoms with Crippen LogP contribution in [0.5, 0.6) is 17.2 Å². The molecule has 2 aromatic heterocycles. The van der Waals surface area contributed by atoms with E-state index in [-0.39, 0.29) is 27.9 Å². The number of rotatable bonds is 13. The molecule has 1 atom stereocenters. The van der Waals surface area contributed by atoms with E-state index in [2.05, 4.69) is 11.9 Å². The Balaban J connectivity index is 1.62. The first-order chi connectivity index (χ1) is 21.7. The molecule has 12 heteroatoms. The minimum Gasteiger partial charge on any atom is -0.503 e. The second-order valence-electron chi connectivity index (χ2n) is 10.3. The number of esters is 1. The van der Waals surface area contributed by atoms with Crippen LogP contribution in [0.2, 0.25) is 0 Å². The molecule has 0 bridgehead atoms. The third-order valence-corrected chi connectivity index (χ3v) is 8.50. The zero-order valence-electron chi connectivity index (χ0n) is 25.7. The summed E-state index contributed by atoms with van der Waals surface area (Å²) in [5.74, 6) is -1.71. The number of methoxy groups -OCH3 is 2. The standard InChI is InChI=1S/C33H34N2O9S/c1-6-8-9-15-43-21-14-13-19(16-23(21)41-5)26-25(27(36)24-17-20-11-10-12-22(40-4)29(20)44-24)28(37)31(38)35(26)33-34-18(3)30(45-33)32(39)42-7-2/h10-14,16-17,26,37H,6-9,15H2,1-5H3. The second kappa shape index (κ2) is 13.4. The van der Waals surface area contributed by atoms with Gasteiger partial charge in [0.25, 0.3) is 5.91 Å². The van der Waals surface area contributed by atoms with Crippen LogP contribution < -0.4 is 19.1 Å². The van der Waals surface area contributed by atoms with Crippen molar-refractivity contribution < 1.29 is 42.9 Å². The minimum atomic E-state index is -1.15. The number of benzene rings is 2. The van der Waals surface area contributed by atoms with E-state index >= 15 is 0 Å². The molecule has 1 aliphatic rings. The fraction of sp³-hybridized carbons (Fsp3) is 0.333. The van der Waals surface area contributed by atoms with Gasteiger partial charge in [-0.25, -0.2) is 9.78 Å². The third-order valence-electron chi connectivity index (χ3n) is 7.37. The van der Waals surface area contributed by atoms with Crippen LogP contribution in [0.4, 0.5) is 5.13 Å². The lowest BCUT2D eigenvalue weighted by Crippen LogP contribution is -2.31. The van der Waals surface area contributed by atoms with Gasteiger partial charge in [-0.15, -0.1) is 0 Å². The van der Waals surface area contributed by atoms with Gasteiger partial charge in [0.2, 0.25) is 5.78 Å². The average molecular weight is 635 g/mol. The van der Waals surface area contributed by atoms with E-state index in [0.717, 1.165) is 30.6 Å². The largest absolute Gasteiger partial charge is 0.503 e. The Labute approximate surface area is 264 Å². The number of fused-ring (bicyclic) bond motifs is 1. The number of aliphatic hydroxyl groups is 1. The Morgan fingerprint density at radius 3 is 2.53 bits per heavy atom. The molecule has 2 aromatic carbocycles. The van der Waals surface area contributed by atoms with Crippen molar-refractivity contribution in [3.8, 4) is 17.2 Å². The molecule has 236 valence electrons. The lowest BCUT2D eigenvalue weighted by Gasteiger charge is -2.25. The predicted molar refractivity (Wildman–Crippen MR) is 168 cm³/mol. The van der Waals surface area contributed by atoms with Gasteiger partial charge in [-0.2, -0.15) is 0 Å². The van der Waals surface area contributed by atoms with Crippen LogP contribution in [0, 0.1) is 6.92 Å². The molecule has 4 aromatic rings. The van der Waals surface area contributed by atoms with Gasteiger partial charge in [0, 0.05) is 5.39 Å². The number of aryl methyl sites for hydroxylation is 1. The van der Waals surface area contributed by atoms with Crippen LogP contribution in [0.15, 0.2) is 58.2 Å². The number of carbonyl (C=O) groups excluding carboxylic acids is 3. The molecule has 0 saturated carbocycles. The number of ether oxygens (including phenoxy) is 4. The molecule has 11 nitrogen and oxygen atoms in total. The van der Waals surface area contributed by atoms with E-state index in [1.165, 1.54) is 25.2 Å². The van der Waals surface area contributed by atoms with Crippen molar-refractivity contribution in [3.63, 3.8) is 0 Å². The number of ketones is 1. The smallest absolute Gasteiger partial charge is 0.350 e. The highest BCUT2D eigenvalue weighted by atomic mass is 32.1. The summed E-state index contributed by atoms with van der Waals surface area (Å²) in [7, 11) is 2.98. The highest BCUT2D eigenvalue weighted by Gasteiger charge is 2.47. The van der Waals surface area contributed by atoms with Crippen LogP contribution in [0.3, 0.4) is 0 Å². The molecule has 1 aliphatic heterocycles. The molecule has 0 aliphatic carbocycles. The predicted octanol–water partition coefficient (Wildman–Crippen LogP) is 6.74. The first-order valence-electron chi connectivity index (χ1n) is 14.6. The lowest BCUT2D eigenvalue weighted by atomic mass is 9.95. The molecular formula is C33H34N2O9S. The number of thiazole rings is 1. The van der Waals surface area contributed by atoms with Gasteiger partial charge >= 0.3 is 5.97 Å². The number of anilines is 1. The SMILES string of the molecule is CCCCCOc1ccc(C2C(C(=O)c3cc4cccc(OC)c4o3)=C(O)C(=O)N2c2nc(C)c(C(=O)OCC)s2)cc1OC. The Kier molecular flexibility index (Phi) is 9.43. The fourth-order valence-corrected chi connectivity index (χ4v) is 6.16. The number of aliphatic hydroxyl groups excluding tert-OH is 1. The molecule has 0 spiro atoms. The Hall–Kier alpha value is -4.84. The second-order valence-corrected chi connectivity index (χ2v) is 11.2. The summed E-state index contributed by atoms with van der Waals surface area (Å²) in [6.45, 7) is 6.07. The minimum absolute atomic E-state index is 0.0962. The van der Waals surface area contributed by atoms with Gasteiger partial charge in [-0.3, -0.25) is 14.5 Å². The lowest BCUT2D eigenvalue weighted by molar-refractivity contribution is -0.117. The molecule has 45 heavy (non-hydrogen) atoms. The van der Waals surface area contributed by atoms with Crippen molar-refractivity contribution in [1.82, 2.24) is 4.98 Å². The van der Waals surface area contributed by atoms with Crippen LogP contribution >= 0.6 is 11.3 Å². The van der Waals surface area contributed by atoms with Crippen molar-refractivity contribution in [2.24, 2.45) is 0 Å². The van der Waals surface area contributed by atoms with Gasteiger partial charge in [-0.1, -0.05) is 49.3 Å².